The average Bonchev–Trinajstić information content (AvgIpc) is 2.75. The topological polar surface area (TPSA) is 80.2 Å². The minimum absolute atomic E-state index is 0.0766. The number of amides is 1. The van der Waals surface area contributed by atoms with Crippen molar-refractivity contribution in [1.82, 2.24) is 9.62 Å². The first-order valence-corrected chi connectivity index (χ1v) is 11.6. The minimum atomic E-state index is -3.60. The standard InChI is InChI=1S/C22H29N3O4S/c1-17(21(18-8-5-4-6-9-18)25-12-14-29-15-13-25)23-22(26)19-10-7-11-20(16-19)30(27,28)24(2)3/h4-11,16-17,21H,12-15H2,1-3H3,(H,23,26)/p+1/t17-,21-/m1/s1. The number of nitrogens with one attached hydrogen (secondary N) is 2. The molecule has 1 heterocycles. The molecule has 0 bridgehead atoms. The van der Waals surface area contributed by atoms with Crippen LogP contribution in [0.5, 0.6) is 0 Å². The smallest absolute Gasteiger partial charge is 0.251 e. The summed E-state index contributed by atoms with van der Waals surface area (Å²) in [7, 11) is -0.659. The van der Waals surface area contributed by atoms with Crippen LogP contribution in [0.2, 0.25) is 0 Å². The summed E-state index contributed by atoms with van der Waals surface area (Å²) in [6, 6.07) is 16.2. The second-order valence-electron chi connectivity index (χ2n) is 7.74. The average molecular weight is 433 g/mol. The summed E-state index contributed by atoms with van der Waals surface area (Å²) in [5.41, 5.74) is 1.49. The van der Waals surface area contributed by atoms with E-state index in [4.69, 9.17) is 4.74 Å². The van der Waals surface area contributed by atoms with Crippen LogP contribution in [0.15, 0.2) is 59.5 Å². The Kier molecular flexibility index (Phi) is 7.25. The number of benzene rings is 2. The van der Waals surface area contributed by atoms with Gasteiger partial charge in [-0.2, -0.15) is 0 Å². The molecule has 0 aliphatic carbocycles. The van der Waals surface area contributed by atoms with Crippen LogP contribution in [0.3, 0.4) is 0 Å². The molecule has 0 aromatic heterocycles. The summed E-state index contributed by atoms with van der Waals surface area (Å²) in [5, 5.41) is 3.09. The fraction of sp³-hybridized carbons (Fsp3) is 0.409. The molecule has 1 aliphatic heterocycles. The predicted octanol–water partition coefficient (Wildman–Crippen LogP) is 0.712. The third-order valence-electron chi connectivity index (χ3n) is 5.47. The Labute approximate surface area is 178 Å². The lowest BCUT2D eigenvalue weighted by molar-refractivity contribution is -0.940. The zero-order valence-electron chi connectivity index (χ0n) is 17.7. The van der Waals surface area contributed by atoms with E-state index in [1.165, 1.54) is 31.1 Å². The van der Waals surface area contributed by atoms with Crippen LogP contribution < -0.4 is 10.2 Å². The number of sulfonamides is 1. The number of nitrogens with zero attached hydrogens (tertiary/aromatic N) is 1. The van der Waals surface area contributed by atoms with Crippen molar-refractivity contribution >= 4 is 15.9 Å². The lowest BCUT2D eigenvalue weighted by Crippen LogP contribution is -3.15. The molecule has 0 spiro atoms. The predicted molar refractivity (Wildman–Crippen MR) is 115 cm³/mol. The second-order valence-corrected chi connectivity index (χ2v) is 9.89. The lowest BCUT2D eigenvalue weighted by Gasteiger charge is -2.35. The molecule has 8 heteroatoms. The molecule has 162 valence electrons. The van der Waals surface area contributed by atoms with E-state index in [2.05, 4.69) is 17.4 Å². The first kappa shape index (κ1) is 22.4. The highest BCUT2D eigenvalue weighted by Gasteiger charge is 2.32. The minimum Gasteiger partial charge on any atom is -0.370 e. The fourth-order valence-corrected chi connectivity index (χ4v) is 4.81. The Hall–Kier alpha value is -2.26. The molecular formula is C22H30N3O4S+. The van der Waals surface area contributed by atoms with Crippen molar-refractivity contribution in [3.8, 4) is 0 Å². The first-order valence-electron chi connectivity index (χ1n) is 10.1. The van der Waals surface area contributed by atoms with E-state index in [9.17, 15) is 13.2 Å². The Bertz CT molecular complexity index is 957. The number of hydrogen-bond acceptors (Lipinski definition) is 4. The SMILES string of the molecule is C[C@@H](NC(=O)c1cccc(S(=O)(=O)N(C)C)c1)[C@H](c1ccccc1)[NH+]1CCOCC1. The molecule has 3 rings (SSSR count). The summed E-state index contributed by atoms with van der Waals surface area (Å²) in [6.07, 6.45) is 0. The van der Waals surface area contributed by atoms with Crippen molar-refractivity contribution in [2.45, 2.75) is 23.9 Å². The van der Waals surface area contributed by atoms with E-state index < -0.39 is 10.0 Å². The van der Waals surface area contributed by atoms with E-state index in [0.717, 1.165) is 23.0 Å². The van der Waals surface area contributed by atoms with E-state index in [0.29, 0.717) is 18.8 Å². The normalized spacial score (nSPS) is 17.5. The number of carbonyl (C=O) groups excluding carboxylic acids is 1. The van der Waals surface area contributed by atoms with Crippen LogP contribution in [0.25, 0.3) is 0 Å². The van der Waals surface area contributed by atoms with Gasteiger partial charge in [0, 0.05) is 25.2 Å². The van der Waals surface area contributed by atoms with Gasteiger partial charge in [0.05, 0.1) is 24.2 Å². The van der Waals surface area contributed by atoms with Gasteiger partial charge in [0.1, 0.15) is 19.1 Å². The van der Waals surface area contributed by atoms with Gasteiger partial charge in [-0.3, -0.25) is 4.79 Å². The van der Waals surface area contributed by atoms with Crippen LogP contribution in [0, 0.1) is 0 Å². The molecule has 2 atom stereocenters. The third kappa shape index (κ3) is 5.07. The second kappa shape index (κ2) is 9.70. The van der Waals surface area contributed by atoms with E-state index in [1.54, 1.807) is 12.1 Å². The van der Waals surface area contributed by atoms with Crippen molar-refractivity contribution in [3.05, 3.63) is 65.7 Å². The van der Waals surface area contributed by atoms with Crippen molar-refractivity contribution < 1.29 is 22.8 Å². The Balaban J connectivity index is 1.82. The molecule has 2 aromatic rings. The number of quaternary nitrogens is 1. The molecule has 2 N–H and O–H groups in total. The van der Waals surface area contributed by atoms with Gasteiger partial charge in [0.2, 0.25) is 10.0 Å². The monoisotopic (exact) mass is 432 g/mol. The van der Waals surface area contributed by atoms with Gasteiger partial charge in [0.25, 0.3) is 5.91 Å². The number of rotatable bonds is 7. The van der Waals surface area contributed by atoms with Gasteiger partial charge in [-0.15, -0.1) is 0 Å². The Morgan fingerprint density at radius 3 is 2.37 bits per heavy atom. The molecule has 0 unspecified atom stereocenters. The lowest BCUT2D eigenvalue weighted by atomic mass is 9.97. The molecule has 2 aromatic carbocycles. The molecule has 7 nitrogen and oxygen atoms in total. The maximum atomic E-state index is 13.0. The molecule has 1 saturated heterocycles. The fourth-order valence-electron chi connectivity index (χ4n) is 3.86. The Morgan fingerprint density at radius 1 is 1.07 bits per heavy atom. The summed E-state index contributed by atoms with van der Waals surface area (Å²) in [6.45, 7) is 5.14. The number of hydrogen-bond donors (Lipinski definition) is 2. The van der Waals surface area contributed by atoms with Crippen molar-refractivity contribution in [3.63, 3.8) is 0 Å². The van der Waals surface area contributed by atoms with E-state index >= 15 is 0 Å². The maximum Gasteiger partial charge on any atom is 0.251 e. The first-order chi connectivity index (χ1) is 14.3. The van der Waals surface area contributed by atoms with Crippen LogP contribution in [0.4, 0.5) is 0 Å². The van der Waals surface area contributed by atoms with Crippen LogP contribution in [-0.4, -0.2) is 65.1 Å². The zero-order chi connectivity index (χ0) is 21.7. The molecule has 1 aliphatic rings. The highest BCUT2D eigenvalue weighted by atomic mass is 32.2. The van der Waals surface area contributed by atoms with Gasteiger partial charge < -0.3 is 15.0 Å². The van der Waals surface area contributed by atoms with Gasteiger partial charge >= 0.3 is 0 Å². The van der Waals surface area contributed by atoms with Gasteiger partial charge in [0.15, 0.2) is 0 Å². The Morgan fingerprint density at radius 2 is 1.73 bits per heavy atom. The summed E-state index contributed by atoms with van der Waals surface area (Å²) < 4.78 is 31.5. The molecule has 1 amide bonds. The largest absolute Gasteiger partial charge is 0.370 e. The van der Waals surface area contributed by atoms with E-state index in [1.807, 2.05) is 25.1 Å². The van der Waals surface area contributed by atoms with Crippen molar-refractivity contribution in [1.29, 1.82) is 0 Å². The highest BCUT2D eigenvalue weighted by Crippen LogP contribution is 2.17. The maximum absolute atomic E-state index is 13.0. The molecular weight excluding hydrogens is 402 g/mol. The number of morpholine rings is 1. The van der Waals surface area contributed by atoms with Crippen LogP contribution in [0.1, 0.15) is 28.9 Å². The number of carbonyl (C=O) groups is 1. The molecule has 0 saturated carbocycles. The highest BCUT2D eigenvalue weighted by molar-refractivity contribution is 7.89. The molecule has 30 heavy (non-hydrogen) atoms. The van der Waals surface area contributed by atoms with E-state index in [-0.39, 0.29) is 22.9 Å². The molecule has 0 radical (unpaired) electrons. The summed E-state index contributed by atoms with van der Waals surface area (Å²) >= 11 is 0. The quantitative estimate of drug-likeness (QED) is 0.676. The third-order valence-corrected chi connectivity index (χ3v) is 7.28. The van der Waals surface area contributed by atoms with Crippen LogP contribution in [-0.2, 0) is 14.8 Å². The van der Waals surface area contributed by atoms with Gasteiger partial charge in [-0.05, 0) is 25.1 Å². The van der Waals surface area contributed by atoms with Crippen molar-refractivity contribution in [2.75, 3.05) is 40.4 Å². The zero-order valence-corrected chi connectivity index (χ0v) is 18.5. The summed E-state index contributed by atoms with van der Waals surface area (Å²) in [4.78, 5) is 14.4. The molecule has 1 fully saturated rings. The van der Waals surface area contributed by atoms with Gasteiger partial charge in [-0.25, -0.2) is 12.7 Å². The van der Waals surface area contributed by atoms with Crippen LogP contribution >= 0.6 is 0 Å². The van der Waals surface area contributed by atoms with Crippen molar-refractivity contribution in [2.24, 2.45) is 0 Å². The number of ether oxygens (including phenoxy) is 1. The van der Waals surface area contributed by atoms with Gasteiger partial charge in [-0.1, -0.05) is 36.4 Å². The summed E-state index contributed by atoms with van der Waals surface area (Å²) in [5.74, 6) is -0.285.